The van der Waals surface area contributed by atoms with Gasteiger partial charge in [-0.1, -0.05) is 35.0 Å². The first-order valence-electron chi connectivity index (χ1n) is 6.21. The van der Waals surface area contributed by atoms with Gasteiger partial charge in [0, 0.05) is 11.4 Å². The van der Waals surface area contributed by atoms with Crippen molar-refractivity contribution < 1.29 is 4.52 Å². The molecule has 4 nitrogen and oxygen atoms in total. The van der Waals surface area contributed by atoms with Crippen LogP contribution in [-0.2, 0) is 11.8 Å². The van der Waals surface area contributed by atoms with E-state index in [4.69, 9.17) is 16.1 Å². The largest absolute Gasteiger partial charge is 0.338 e. The Morgan fingerprint density at radius 3 is 2.79 bits per heavy atom. The molecule has 5 heteroatoms. The van der Waals surface area contributed by atoms with Crippen LogP contribution in [0.4, 0.5) is 0 Å². The van der Waals surface area contributed by atoms with Crippen LogP contribution in [0.1, 0.15) is 36.5 Å². The monoisotopic (exact) mass is 273 g/mol. The third-order valence-electron chi connectivity index (χ3n) is 3.60. The zero-order chi connectivity index (χ0) is 13.3. The highest BCUT2D eigenvalue weighted by Gasteiger charge is 2.44. The Morgan fingerprint density at radius 1 is 1.37 bits per heavy atom. The zero-order valence-corrected chi connectivity index (χ0v) is 11.0. The van der Waals surface area contributed by atoms with Gasteiger partial charge in [0.05, 0.1) is 6.07 Å². The number of rotatable bonds is 3. The number of benzene rings is 1. The molecule has 1 aromatic heterocycles. The first kappa shape index (κ1) is 12.2. The van der Waals surface area contributed by atoms with Crippen molar-refractivity contribution in [3.05, 3.63) is 46.6 Å². The number of halogens is 1. The van der Waals surface area contributed by atoms with Gasteiger partial charge in [0.25, 0.3) is 0 Å². The van der Waals surface area contributed by atoms with Crippen LogP contribution in [0.5, 0.6) is 0 Å². The van der Waals surface area contributed by atoms with Crippen LogP contribution in [0.15, 0.2) is 28.8 Å². The summed E-state index contributed by atoms with van der Waals surface area (Å²) in [7, 11) is 0. The Kier molecular flexibility index (Phi) is 3.00. The van der Waals surface area contributed by atoms with Crippen molar-refractivity contribution in [1.29, 1.82) is 5.26 Å². The molecule has 1 fully saturated rings. The lowest BCUT2D eigenvalue weighted by atomic mass is 9.70. The molecule has 0 unspecified atom stereocenters. The highest BCUT2D eigenvalue weighted by atomic mass is 35.5. The Hall–Kier alpha value is -1.86. The Labute approximate surface area is 116 Å². The molecule has 1 heterocycles. The molecule has 2 aromatic rings. The van der Waals surface area contributed by atoms with Crippen molar-refractivity contribution >= 4 is 11.6 Å². The minimum atomic E-state index is -0.550. The molecule has 0 atom stereocenters. The van der Waals surface area contributed by atoms with E-state index in [1.54, 1.807) is 0 Å². The van der Waals surface area contributed by atoms with E-state index in [2.05, 4.69) is 16.2 Å². The topological polar surface area (TPSA) is 62.7 Å². The van der Waals surface area contributed by atoms with Gasteiger partial charge in [-0.15, -0.1) is 0 Å². The molecule has 0 N–H and O–H groups in total. The molecule has 0 aliphatic heterocycles. The summed E-state index contributed by atoms with van der Waals surface area (Å²) in [6.07, 6.45) is 3.16. The molecule has 0 bridgehead atoms. The van der Waals surface area contributed by atoms with E-state index >= 15 is 0 Å². The van der Waals surface area contributed by atoms with Crippen molar-refractivity contribution in [3.8, 4) is 6.07 Å². The highest BCUT2D eigenvalue weighted by molar-refractivity contribution is 6.31. The van der Waals surface area contributed by atoms with E-state index in [1.807, 2.05) is 24.3 Å². The van der Waals surface area contributed by atoms with E-state index in [0.29, 0.717) is 23.2 Å². The molecule has 96 valence electrons. The van der Waals surface area contributed by atoms with Crippen molar-refractivity contribution in [2.45, 2.75) is 31.1 Å². The molecule has 1 aliphatic rings. The third kappa shape index (κ3) is 2.11. The number of hydrogen-bond acceptors (Lipinski definition) is 4. The van der Waals surface area contributed by atoms with Gasteiger partial charge in [0.15, 0.2) is 5.82 Å². The summed E-state index contributed by atoms with van der Waals surface area (Å²) in [5.41, 5.74) is 0.405. The lowest BCUT2D eigenvalue weighted by Crippen LogP contribution is -2.32. The second-order valence-corrected chi connectivity index (χ2v) is 5.24. The van der Waals surface area contributed by atoms with Gasteiger partial charge in [-0.3, -0.25) is 0 Å². The molecule has 1 aromatic carbocycles. The molecule has 0 radical (unpaired) electrons. The molecular formula is C14H12ClN3O. The second-order valence-electron chi connectivity index (χ2n) is 4.83. The Bertz CT molecular complexity index is 640. The fraction of sp³-hybridized carbons (Fsp3) is 0.357. The van der Waals surface area contributed by atoms with Crippen LogP contribution >= 0.6 is 11.6 Å². The molecule has 0 spiro atoms. The zero-order valence-electron chi connectivity index (χ0n) is 10.3. The molecule has 19 heavy (non-hydrogen) atoms. The van der Waals surface area contributed by atoms with Crippen molar-refractivity contribution in [2.75, 3.05) is 0 Å². The maximum Gasteiger partial charge on any atom is 0.247 e. The summed E-state index contributed by atoms with van der Waals surface area (Å²) in [4.78, 5) is 4.35. The van der Waals surface area contributed by atoms with Crippen LogP contribution < -0.4 is 0 Å². The van der Waals surface area contributed by atoms with Crippen LogP contribution in [0, 0.1) is 11.3 Å². The van der Waals surface area contributed by atoms with Gasteiger partial charge in [-0.2, -0.15) is 10.2 Å². The van der Waals surface area contributed by atoms with E-state index < -0.39 is 5.41 Å². The molecule has 1 saturated carbocycles. The molecule has 0 amide bonds. The van der Waals surface area contributed by atoms with Crippen LogP contribution in [0.25, 0.3) is 0 Å². The number of nitrogens with zero attached hydrogens (tertiary/aromatic N) is 3. The van der Waals surface area contributed by atoms with Gasteiger partial charge in [0.2, 0.25) is 5.89 Å². The SMILES string of the molecule is N#CC1(c2nc(Cc3ccccc3Cl)no2)CCC1. The Balaban J connectivity index is 1.83. The maximum absolute atomic E-state index is 9.23. The van der Waals surface area contributed by atoms with Crippen molar-refractivity contribution in [1.82, 2.24) is 10.1 Å². The van der Waals surface area contributed by atoms with E-state index in [0.717, 1.165) is 24.8 Å². The summed E-state index contributed by atoms with van der Waals surface area (Å²) in [5, 5.41) is 13.9. The van der Waals surface area contributed by atoms with E-state index in [9.17, 15) is 5.26 Å². The van der Waals surface area contributed by atoms with Crippen LogP contribution in [-0.4, -0.2) is 10.1 Å². The summed E-state index contributed by atoms with van der Waals surface area (Å²) in [6, 6.07) is 9.87. The summed E-state index contributed by atoms with van der Waals surface area (Å²) in [5.74, 6) is 1.02. The summed E-state index contributed by atoms with van der Waals surface area (Å²) >= 11 is 6.10. The minimum absolute atomic E-state index is 0.448. The fourth-order valence-electron chi connectivity index (χ4n) is 2.24. The molecular weight excluding hydrogens is 262 g/mol. The van der Waals surface area contributed by atoms with E-state index in [-0.39, 0.29) is 0 Å². The van der Waals surface area contributed by atoms with E-state index in [1.165, 1.54) is 0 Å². The lowest BCUT2D eigenvalue weighted by molar-refractivity contribution is 0.231. The van der Waals surface area contributed by atoms with Gasteiger partial charge >= 0.3 is 0 Å². The fourth-order valence-corrected chi connectivity index (χ4v) is 2.44. The summed E-state index contributed by atoms with van der Waals surface area (Å²) < 4.78 is 5.25. The summed E-state index contributed by atoms with van der Waals surface area (Å²) in [6.45, 7) is 0. The predicted molar refractivity (Wildman–Crippen MR) is 69.7 cm³/mol. The first-order valence-corrected chi connectivity index (χ1v) is 6.59. The number of hydrogen-bond donors (Lipinski definition) is 0. The van der Waals surface area contributed by atoms with Gasteiger partial charge in [0.1, 0.15) is 5.41 Å². The average molecular weight is 274 g/mol. The third-order valence-corrected chi connectivity index (χ3v) is 3.97. The second kappa shape index (κ2) is 4.67. The number of aromatic nitrogens is 2. The van der Waals surface area contributed by atoms with Gasteiger partial charge in [-0.05, 0) is 30.9 Å². The molecule has 3 rings (SSSR count). The van der Waals surface area contributed by atoms with Crippen molar-refractivity contribution in [2.24, 2.45) is 0 Å². The van der Waals surface area contributed by atoms with Crippen molar-refractivity contribution in [3.63, 3.8) is 0 Å². The van der Waals surface area contributed by atoms with Crippen LogP contribution in [0.2, 0.25) is 5.02 Å². The minimum Gasteiger partial charge on any atom is -0.338 e. The molecule has 1 aliphatic carbocycles. The maximum atomic E-state index is 9.23. The van der Waals surface area contributed by atoms with Crippen LogP contribution in [0.3, 0.4) is 0 Å². The lowest BCUT2D eigenvalue weighted by Gasteiger charge is -2.30. The standard InChI is InChI=1S/C14H12ClN3O/c15-11-5-2-1-4-10(11)8-12-17-13(19-18-12)14(9-16)6-3-7-14/h1-2,4-5H,3,6-8H2. The quantitative estimate of drug-likeness (QED) is 0.861. The highest BCUT2D eigenvalue weighted by Crippen LogP contribution is 2.42. The number of nitriles is 1. The first-order chi connectivity index (χ1) is 9.23. The Morgan fingerprint density at radius 2 is 2.16 bits per heavy atom. The smallest absolute Gasteiger partial charge is 0.247 e. The molecule has 0 saturated heterocycles. The predicted octanol–water partition coefficient (Wildman–Crippen LogP) is 3.26. The van der Waals surface area contributed by atoms with Gasteiger partial charge in [-0.25, -0.2) is 0 Å². The normalized spacial score (nSPS) is 16.6. The van der Waals surface area contributed by atoms with Gasteiger partial charge < -0.3 is 4.52 Å². The average Bonchev–Trinajstić information content (AvgIpc) is 2.81.